The zero-order valence-electron chi connectivity index (χ0n) is 21.9. The molecule has 14 heteroatoms. The molecule has 1 aliphatic rings. The smallest absolute Gasteiger partial charge is 0.294 e. The number of nitrogens with one attached hydrogen (secondary N) is 1. The molecule has 0 aliphatic carbocycles. The molecule has 2 aromatic carbocycles. The molecule has 4 rings (SSSR count). The van der Waals surface area contributed by atoms with E-state index in [0.29, 0.717) is 46.8 Å². The van der Waals surface area contributed by atoms with Crippen molar-refractivity contribution in [1.29, 1.82) is 0 Å². The molecule has 0 unspecified atom stereocenters. The van der Waals surface area contributed by atoms with Crippen LogP contribution in [0.1, 0.15) is 31.5 Å². The maximum atomic E-state index is 13.0. The van der Waals surface area contributed by atoms with Crippen molar-refractivity contribution in [3.63, 3.8) is 0 Å². The number of aromatic amines is 1. The highest BCUT2D eigenvalue weighted by atomic mass is 32.2. The largest absolute Gasteiger partial charge is 0.294 e. The van der Waals surface area contributed by atoms with Gasteiger partial charge in [0.05, 0.1) is 38.0 Å². The first-order valence-corrected chi connectivity index (χ1v) is 15.2. The number of hydrogen-bond donors (Lipinski definition) is 3. The number of benzene rings is 2. The quantitative estimate of drug-likeness (QED) is 0.190. The van der Waals surface area contributed by atoms with E-state index in [1.807, 2.05) is 13.8 Å². The molecular weight excluding hydrogens is 572 g/mol. The van der Waals surface area contributed by atoms with Gasteiger partial charge in [0.1, 0.15) is 0 Å². The summed E-state index contributed by atoms with van der Waals surface area (Å²) < 4.78 is 64.7. The number of aryl methyl sites for hydroxylation is 1. The van der Waals surface area contributed by atoms with Gasteiger partial charge in [-0.15, -0.1) is 0 Å². The molecule has 214 valence electrons. The summed E-state index contributed by atoms with van der Waals surface area (Å²) in [4.78, 5) is 25.5. The Morgan fingerprint density at radius 3 is 1.88 bits per heavy atom. The van der Waals surface area contributed by atoms with Crippen molar-refractivity contribution in [1.82, 2.24) is 9.78 Å². The van der Waals surface area contributed by atoms with Gasteiger partial charge in [-0.2, -0.15) is 26.9 Å². The summed E-state index contributed by atoms with van der Waals surface area (Å²) in [7, 11) is -8.72. The number of hydrogen-bond acceptors (Lipinski definition) is 7. The predicted molar refractivity (Wildman–Crippen MR) is 153 cm³/mol. The fourth-order valence-corrected chi connectivity index (χ4v) is 5.03. The van der Waals surface area contributed by atoms with Crippen molar-refractivity contribution >= 4 is 43.6 Å². The first-order valence-electron chi connectivity index (χ1n) is 12.3. The Kier molecular flexibility index (Phi) is 8.39. The van der Waals surface area contributed by atoms with E-state index in [1.165, 1.54) is 53.2 Å². The number of aromatic nitrogens is 2. The van der Waals surface area contributed by atoms with E-state index in [2.05, 4.69) is 10.2 Å². The van der Waals surface area contributed by atoms with Gasteiger partial charge in [-0.05, 0) is 73.5 Å². The summed E-state index contributed by atoms with van der Waals surface area (Å²) in [5.74, 6) is -0.406. The summed E-state index contributed by atoms with van der Waals surface area (Å²) in [6, 6.07) is 10.3. The lowest BCUT2D eigenvalue weighted by Crippen LogP contribution is -2.21. The minimum Gasteiger partial charge on any atom is -0.294 e. The van der Waals surface area contributed by atoms with Crippen LogP contribution in [-0.2, 0) is 31.5 Å². The van der Waals surface area contributed by atoms with Crippen molar-refractivity contribution in [2.45, 2.75) is 36.5 Å². The van der Waals surface area contributed by atoms with Gasteiger partial charge < -0.3 is 0 Å². The number of carbonyl (C=O) groups excluding carboxylic acids is 1. The van der Waals surface area contributed by atoms with E-state index in [1.54, 1.807) is 30.4 Å². The molecule has 1 aliphatic heterocycles. The third-order valence-electron chi connectivity index (χ3n) is 6.17. The van der Waals surface area contributed by atoms with Gasteiger partial charge in [0.15, 0.2) is 0 Å². The Hall–Kier alpha value is -4.37. The highest BCUT2D eigenvalue weighted by molar-refractivity contribution is 7.86. The Labute approximate surface area is 236 Å². The fraction of sp³-hybridized carbons (Fsp3) is 0.148. The molecule has 0 radical (unpaired) electrons. The number of carbonyl (C=O) groups is 1. The minimum absolute atomic E-state index is 0.286. The maximum absolute atomic E-state index is 13.0. The lowest BCUT2D eigenvalue weighted by atomic mass is 10.1. The summed E-state index contributed by atoms with van der Waals surface area (Å²) in [5, 5.41) is 8.49. The van der Waals surface area contributed by atoms with Crippen LogP contribution < -0.4 is 10.6 Å². The molecule has 0 spiro atoms. The second-order valence-electron chi connectivity index (χ2n) is 8.78. The Balaban J connectivity index is 1.53. The summed E-state index contributed by atoms with van der Waals surface area (Å²) in [6.45, 7) is 3.71. The molecule has 0 bridgehead atoms. The SMILES string of the molecule is CCC1=NN(c2ccc(S(=O)(=O)O)cc2)C(=O)/C1=C/C=C/C=C/c1c(CC)[nH]n(-c2ccc(S(=O)(=O)O)cc2)c1=O. The van der Waals surface area contributed by atoms with Crippen LogP contribution >= 0.6 is 0 Å². The average molecular weight is 599 g/mol. The lowest BCUT2D eigenvalue weighted by Gasteiger charge is -2.11. The van der Waals surface area contributed by atoms with E-state index in [9.17, 15) is 26.4 Å². The predicted octanol–water partition coefficient (Wildman–Crippen LogP) is 3.53. The summed E-state index contributed by atoms with van der Waals surface area (Å²) >= 11 is 0. The van der Waals surface area contributed by atoms with Gasteiger partial charge in [0, 0.05) is 5.69 Å². The van der Waals surface area contributed by atoms with E-state index in [-0.39, 0.29) is 15.4 Å². The van der Waals surface area contributed by atoms with Gasteiger partial charge in [-0.3, -0.25) is 23.8 Å². The molecule has 1 aromatic heterocycles. The van der Waals surface area contributed by atoms with E-state index >= 15 is 0 Å². The van der Waals surface area contributed by atoms with Crippen LogP contribution in [0.25, 0.3) is 11.8 Å². The molecule has 41 heavy (non-hydrogen) atoms. The van der Waals surface area contributed by atoms with Crippen LogP contribution in [0.15, 0.2) is 98.1 Å². The lowest BCUT2D eigenvalue weighted by molar-refractivity contribution is -0.114. The van der Waals surface area contributed by atoms with Crippen LogP contribution in [0.3, 0.4) is 0 Å². The van der Waals surface area contributed by atoms with E-state index in [0.717, 1.165) is 5.01 Å². The van der Waals surface area contributed by atoms with Crippen molar-refractivity contribution in [3.05, 3.63) is 100 Å². The first-order chi connectivity index (χ1) is 19.3. The van der Waals surface area contributed by atoms with Crippen molar-refractivity contribution in [2.24, 2.45) is 5.10 Å². The van der Waals surface area contributed by atoms with Crippen molar-refractivity contribution in [2.75, 3.05) is 5.01 Å². The van der Waals surface area contributed by atoms with Gasteiger partial charge >= 0.3 is 0 Å². The number of hydrazone groups is 1. The molecule has 3 N–H and O–H groups in total. The first kappa shape index (κ1) is 29.6. The van der Waals surface area contributed by atoms with E-state index in [4.69, 9.17) is 9.11 Å². The molecule has 2 heterocycles. The van der Waals surface area contributed by atoms with Crippen LogP contribution in [0.4, 0.5) is 5.69 Å². The number of H-pyrrole nitrogens is 1. The second-order valence-corrected chi connectivity index (χ2v) is 11.6. The number of rotatable bonds is 9. The standard InChI is InChI=1S/C27H26N4O8S2/c1-3-24-22(26(32)30(28-24)18-10-14-20(15-11-18)40(34,35)36)8-6-5-7-9-23-25(4-2)29-31(27(23)33)19-12-16-21(17-13-19)41(37,38)39/h5-17,28H,3-4H2,1-2H3,(H,34,35,36)(H,37,38,39)/b7-5+,8-6+,23-9+. The number of allylic oxidation sites excluding steroid dienone is 4. The zero-order valence-corrected chi connectivity index (χ0v) is 23.6. The Morgan fingerprint density at radius 2 is 1.37 bits per heavy atom. The van der Waals surface area contributed by atoms with Crippen LogP contribution in [-0.4, -0.2) is 47.3 Å². The topological polar surface area (TPSA) is 179 Å². The maximum Gasteiger partial charge on any atom is 0.294 e. The number of amides is 1. The van der Waals surface area contributed by atoms with Crippen LogP contribution in [0, 0.1) is 0 Å². The number of nitrogens with zero attached hydrogens (tertiary/aromatic N) is 3. The fourth-order valence-electron chi connectivity index (χ4n) is 4.07. The van der Waals surface area contributed by atoms with Gasteiger partial charge in [0.25, 0.3) is 31.7 Å². The zero-order chi connectivity index (χ0) is 29.9. The van der Waals surface area contributed by atoms with Crippen molar-refractivity contribution < 1.29 is 30.7 Å². The normalized spacial score (nSPS) is 15.5. The third kappa shape index (κ3) is 6.36. The third-order valence-corrected chi connectivity index (χ3v) is 7.90. The molecule has 1 amide bonds. The average Bonchev–Trinajstić information content (AvgIpc) is 3.43. The molecule has 3 aromatic rings. The highest BCUT2D eigenvalue weighted by Gasteiger charge is 2.29. The minimum atomic E-state index is -4.36. The van der Waals surface area contributed by atoms with Crippen LogP contribution in [0.5, 0.6) is 0 Å². The molecule has 0 atom stereocenters. The van der Waals surface area contributed by atoms with Crippen molar-refractivity contribution in [3.8, 4) is 5.69 Å². The van der Waals surface area contributed by atoms with Gasteiger partial charge in [-0.1, -0.05) is 32.1 Å². The molecule has 0 saturated carbocycles. The van der Waals surface area contributed by atoms with Crippen LogP contribution in [0.2, 0.25) is 0 Å². The Morgan fingerprint density at radius 1 is 0.805 bits per heavy atom. The van der Waals surface area contributed by atoms with E-state index < -0.39 is 26.1 Å². The van der Waals surface area contributed by atoms with Gasteiger partial charge in [-0.25, -0.2) is 4.68 Å². The van der Waals surface area contributed by atoms with Gasteiger partial charge in [0.2, 0.25) is 0 Å². The number of anilines is 1. The summed E-state index contributed by atoms with van der Waals surface area (Å²) in [6.07, 6.45) is 9.11. The molecule has 0 fully saturated rings. The molecule has 12 nitrogen and oxygen atoms in total. The molecular formula is C27H26N4O8S2. The highest BCUT2D eigenvalue weighted by Crippen LogP contribution is 2.26. The Bertz CT molecular complexity index is 1880. The monoisotopic (exact) mass is 598 g/mol. The molecule has 0 saturated heterocycles. The summed E-state index contributed by atoms with van der Waals surface area (Å²) in [5.41, 5.74) is 2.30. The second kappa shape index (κ2) is 11.6.